The number of allylic oxidation sites excluding steroid dienone is 4. The van der Waals surface area contributed by atoms with Crippen molar-refractivity contribution in [2.75, 3.05) is 14.2 Å². The number of benzene rings is 1. The smallest absolute Gasteiger partial charge is 0.360 e. The summed E-state index contributed by atoms with van der Waals surface area (Å²) in [5, 5.41) is 12.4. The van der Waals surface area contributed by atoms with E-state index in [1.807, 2.05) is 30.3 Å². The van der Waals surface area contributed by atoms with E-state index in [9.17, 15) is 14.5 Å². The summed E-state index contributed by atoms with van der Waals surface area (Å²) in [5.41, 5.74) is 4.25. The number of hydrogen-bond acceptors (Lipinski definition) is 5. The highest BCUT2D eigenvalue weighted by Gasteiger charge is 2.62. The number of fused-ring (bicyclic) bond motifs is 4. The highest BCUT2D eigenvalue weighted by atomic mass is 31.2. The van der Waals surface area contributed by atoms with Gasteiger partial charge in [0.1, 0.15) is 5.78 Å². The zero-order valence-corrected chi connectivity index (χ0v) is 22.0. The number of hydrogen-bond donors (Lipinski definition) is 1. The first-order chi connectivity index (χ1) is 16.7. The minimum atomic E-state index is -3.32. The highest BCUT2D eigenvalue weighted by molar-refractivity contribution is 7.62. The number of carbonyl (C=O) groups is 1. The largest absolute Gasteiger partial charge is 0.389 e. The molecular weight excluding hydrogens is 459 g/mol. The van der Waals surface area contributed by atoms with E-state index in [0.717, 1.165) is 37.7 Å². The Morgan fingerprint density at radius 1 is 1.20 bits per heavy atom. The number of ketones is 1. The van der Waals surface area contributed by atoms with Gasteiger partial charge in [0.05, 0.1) is 10.9 Å². The van der Waals surface area contributed by atoms with Crippen LogP contribution in [0.1, 0.15) is 69.8 Å². The monoisotopic (exact) mass is 496 g/mol. The minimum absolute atomic E-state index is 0.140. The molecule has 0 aromatic heterocycles. The molecule has 3 saturated carbocycles. The lowest BCUT2D eigenvalue weighted by atomic mass is 9.51. The third-order valence-electron chi connectivity index (χ3n) is 9.61. The molecule has 4 aliphatic rings. The maximum absolute atomic E-state index is 12.9. The fourth-order valence-electron chi connectivity index (χ4n) is 7.74. The van der Waals surface area contributed by atoms with E-state index in [2.05, 4.69) is 19.6 Å². The molecule has 0 spiro atoms. The molecule has 0 heterocycles. The van der Waals surface area contributed by atoms with Gasteiger partial charge in [-0.2, -0.15) is 0 Å². The fraction of sp³-hybridized carbons (Fsp3) is 0.552. The average molecular weight is 497 g/mol. The van der Waals surface area contributed by atoms with Crippen LogP contribution < -0.4 is 5.30 Å². The third-order valence-corrected chi connectivity index (χ3v) is 11.5. The Bertz CT molecular complexity index is 1140. The van der Waals surface area contributed by atoms with Crippen molar-refractivity contribution >= 4 is 18.7 Å². The van der Waals surface area contributed by atoms with Crippen LogP contribution in [-0.4, -0.2) is 30.7 Å². The van der Waals surface area contributed by atoms with E-state index in [4.69, 9.17) is 9.05 Å². The predicted octanol–water partition coefficient (Wildman–Crippen LogP) is 6.00. The Balaban J connectivity index is 1.62. The molecule has 0 saturated heterocycles. The molecule has 188 valence electrons. The van der Waals surface area contributed by atoms with Crippen LogP contribution in [0.3, 0.4) is 0 Å². The topological polar surface area (TPSA) is 72.8 Å². The van der Waals surface area contributed by atoms with Gasteiger partial charge in [-0.3, -0.25) is 9.36 Å². The molecule has 0 bridgehead atoms. The van der Waals surface area contributed by atoms with Crippen molar-refractivity contribution in [3.8, 4) is 0 Å². The van der Waals surface area contributed by atoms with Crippen molar-refractivity contribution in [1.82, 2.24) is 0 Å². The quantitative estimate of drug-likeness (QED) is 0.386. The van der Waals surface area contributed by atoms with Gasteiger partial charge < -0.3 is 14.2 Å². The predicted molar refractivity (Wildman–Crippen MR) is 138 cm³/mol. The molecule has 5 atom stereocenters. The SMILES string of the molecule is C=CC[C@]1(O)CC[C@H]2[C@@H]3CC=C4CC(=O)CCC4=C3[C@@H](c3ccc(P(=O)(OC)OC)cc3)C[C@@]21C. The molecule has 4 aliphatic carbocycles. The van der Waals surface area contributed by atoms with Gasteiger partial charge in [0, 0.05) is 38.4 Å². The zero-order chi connectivity index (χ0) is 25.0. The first-order valence-electron chi connectivity index (χ1n) is 12.8. The summed E-state index contributed by atoms with van der Waals surface area (Å²) >= 11 is 0. The van der Waals surface area contributed by atoms with E-state index >= 15 is 0 Å². The van der Waals surface area contributed by atoms with E-state index in [0.29, 0.717) is 42.2 Å². The third kappa shape index (κ3) is 3.78. The number of carbonyl (C=O) groups excluding carboxylic acids is 1. The van der Waals surface area contributed by atoms with Gasteiger partial charge in [-0.1, -0.05) is 36.8 Å². The second kappa shape index (κ2) is 8.95. The van der Waals surface area contributed by atoms with Crippen molar-refractivity contribution in [3.63, 3.8) is 0 Å². The second-order valence-electron chi connectivity index (χ2n) is 11.0. The van der Waals surface area contributed by atoms with Crippen LogP contribution >= 0.6 is 7.60 Å². The van der Waals surface area contributed by atoms with E-state index in [-0.39, 0.29) is 11.3 Å². The molecule has 35 heavy (non-hydrogen) atoms. The van der Waals surface area contributed by atoms with E-state index in [1.165, 1.54) is 30.9 Å². The van der Waals surface area contributed by atoms with Gasteiger partial charge in [0.15, 0.2) is 0 Å². The summed E-state index contributed by atoms with van der Waals surface area (Å²) < 4.78 is 23.3. The fourth-order valence-corrected chi connectivity index (χ4v) is 8.82. The lowest BCUT2D eigenvalue weighted by molar-refractivity contribution is -0.118. The van der Waals surface area contributed by atoms with Crippen molar-refractivity contribution in [2.45, 2.75) is 69.8 Å². The normalized spacial score (nSPS) is 34.7. The van der Waals surface area contributed by atoms with Gasteiger partial charge in [0.2, 0.25) is 0 Å². The Hall–Kier alpha value is -1.78. The summed E-state index contributed by atoms with van der Waals surface area (Å²) in [6, 6.07) is 7.80. The molecule has 6 heteroatoms. The van der Waals surface area contributed by atoms with Crippen molar-refractivity contribution in [2.24, 2.45) is 17.3 Å². The Morgan fingerprint density at radius 3 is 2.57 bits per heavy atom. The van der Waals surface area contributed by atoms with Gasteiger partial charge in [0.25, 0.3) is 0 Å². The summed E-state index contributed by atoms with van der Waals surface area (Å²) in [6.07, 6.45) is 10.3. The molecule has 3 fully saturated rings. The molecule has 1 aromatic carbocycles. The van der Waals surface area contributed by atoms with Crippen LogP contribution in [0, 0.1) is 17.3 Å². The number of aliphatic hydroxyl groups is 1. The second-order valence-corrected chi connectivity index (χ2v) is 13.3. The average Bonchev–Trinajstić information content (AvgIpc) is 3.13. The molecular formula is C29H37O5P. The zero-order valence-electron chi connectivity index (χ0n) is 21.1. The van der Waals surface area contributed by atoms with Gasteiger partial charge in [-0.25, -0.2) is 0 Å². The van der Waals surface area contributed by atoms with Crippen LogP contribution in [0.25, 0.3) is 0 Å². The molecule has 0 aliphatic heterocycles. The molecule has 0 amide bonds. The first-order valence-corrected chi connectivity index (χ1v) is 14.3. The molecule has 1 aromatic rings. The van der Waals surface area contributed by atoms with Gasteiger partial charge in [-0.15, -0.1) is 6.58 Å². The summed E-state index contributed by atoms with van der Waals surface area (Å²) in [5.74, 6) is 1.24. The molecule has 0 radical (unpaired) electrons. The summed E-state index contributed by atoms with van der Waals surface area (Å²) in [6.45, 7) is 6.23. The molecule has 1 N–H and O–H groups in total. The van der Waals surface area contributed by atoms with E-state index < -0.39 is 13.2 Å². The minimum Gasteiger partial charge on any atom is -0.389 e. The Labute approximate surface area is 208 Å². The van der Waals surface area contributed by atoms with Gasteiger partial charge in [-0.05, 0) is 79.2 Å². The van der Waals surface area contributed by atoms with Crippen LogP contribution in [0.15, 0.2) is 59.7 Å². The van der Waals surface area contributed by atoms with E-state index in [1.54, 1.807) is 0 Å². The lowest BCUT2D eigenvalue weighted by Crippen LogP contribution is -2.51. The molecule has 5 nitrogen and oxygen atoms in total. The van der Waals surface area contributed by atoms with Gasteiger partial charge >= 0.3 is 7.60 Å². The maximum atomic E-state index is 12.9. The van der Waals surface area contributed by atoms with Crippen LogP contribution in [-0.2, 0) is 18.4 Å². The van der Waals surface area contributed by atoms with Crippen molar-refractivity contribution in [3.05, 3.63) is 65.3 Å². The van der Waals surface area contributed by atoms with Crippen LogP contribution in [0.5, 0.6) is 0 Å². The van der Waals surface area contributed by atoms with Crippen molar-refractivity contribution < 1.29 is 23.5 Å². The maximum Gasteiger partial charge on any atom is 0.360 e. The number of Topliss-reactive ketones (excluding diaryl/α,β-unsaturated/α-hetero) is 1. The Morgan fingerprint density at radius 2 is 1.91 bits per heavy atom. The molecule has 5 rings (SSSR count). The summed E-state index contributed by atoms with van der Waals surface area (Å²) in [7, 11) is -0.522. The highest BCUT2D eigenvalue weighted by Crippen LogP contribution is 2.67. The first kappa shape index (κ1) is 24.9. The standard InChI is InChI=1S/C29H37O5P/c1-5-15-29(31)16-14-26-24-12-8-20-17-21(30)9-13-23(20)27(24)25(18-28(26,29)2)19-6-10-22(11-7-19)35(32,33-3)34-4/h5-8,10-11,24-26,31H,1,9,12-18H2,2-4H3/t24-,25+,26-,28-,29-/m0/s1. The number of rotatable bonds is 6. The van der Waals surface area contributed by atoms with Crippen LogP contribution in [0.2, 0.25) is 0 Å². The Kier molecular flexibility index (Phi) is 6.37. The molecule has 0 unspecified atom stereocenters. The van der Waals surface area contributed by atoms with Crippen LogP contribution in [0.4, 0.5) is 0 Å². The summed E-state index contributed by atoms with van der Waals surface area (Å²) in [4.78, 5) is 12.3. The lowest BCUT2D eigenvalue weighted by Gasteiger charge is -2.54. The van der Waals surface area contributed by atoms with Crippen molar-refractivity contribution in [1.29, 1.82) is 0 Å².